The maximum Gasteiger partial charge on any atom is 0.250 e. The van der Waals surface area contributed by atoms with Crippen molar-refractivity contribution in [2.75, 3.05) is 31.7 Å². The molecule has 0 saturated carbocycles. The Hall–Kier alpha value is -3.15. The van der Waals surface area contributed by atoms with Gasteiger partial charge in [0.25, 0.3) is 0 Å². The fourth-order valence-electron chi connectivity index (χ4n) is 3.52. The number of aromatic nitrogens is 1. The highest BCUT2D eigenvalue weighted by Crippen LogP contribution is 2.27. The van der Waals surface area contributed by atoms with E-state index in [0.29, 0.717) is 13.2 Å². The predicted octanol–water partition coefficient (Wildman–Crippen LogP) is 3.37. The lowest BCUT2D eigenvalue weighted by Crippen LogP contribution is -2.31. The molecule has 1 aromatic carbocycles. The van der Waals surface area contributed by atoms with Gasteiger partial charge in [0.05, 0.1) is 19.3 Å². The summed E-state index contributed by atoms with van der Waals surface area (Å²) in [6.07, 6.45) is 6.84. The maximum absolute atomic E-state index is 11.6. The molecule has 6 nitrogen and oxygen atoms in total. The van der Waals surface area contributed by atoms with E-state index in [2.05, 4.69) is 22.3 Å². The first-order valence-corrected chi connectivity index (χ1v) is 10.5. The number of hydrogen-bond acceptors (Lipinski definition) is 5. The number of ether oxygens (including phenoxy) is 2. The molecule has 1 aromatic heterocycles. The first-order chi connectivity index (χ1) is 14.6. The van der Waals surface area contributed by atoms with Crippen LogP contribution in [0.3, 0.4) is 0 Å². The Balaban J connectivity index is 0.00000124. The number of pyridine rings is 1. The molecule has 4 rings (SSSR count). The van der Waals surface area contributed by atoms with Crippen LogP contribution in [0.5, 0.6) is 5.75 Å². The van der Waals surface area contributed by atoms with Crippen molar-refractivity contribution >= 4 is 5.69 Å². The van der Waals surface area contributed by atoms with Crippen molar-refractivity contribution in [2.45, 2.75) is 26.8 Å². The number of nitrogens with zero attached hydrogens (tertiary/aromatic N) is 2. The van der Waals surface area contributed by atoms with Gasteiger partial charge in [-0.25, -0.2) is 0 Å². The number of methoxy groups -OCH3 is 1. The van der Waals surface area contributed by atoms with Crippen LogP contribution in [0.2, 0.25) is 0 Å². The van der Waals surface area contributed by atoms with Gasteiger partial charge in [-0.15, -0.1) is 0 Å². The molecule has 3 heterocycles. The zero-order valence-corrected chi connectivity index (χ0v) is 18.3. The maximum atomic E-state index is 11.6. The molecule has 160 valence electrons. The van der Waals surface area contributed by atoms with Crippen LogP contribution in [0.1, 0.15) is 25.0 Å². The van der Waals surface area contributed by atoms with Gasteiger partial charge in [-0.1, -0.05) is 19.9 Å². The van der Waals surface area contributed by atoms with Crippen molar-refractivity contribution in [2.24, 2.45) is 7.05 Å². The summed E-state index contributed by atoms with van der Waals surface area (Å²) in [5, 5.41) is 3.30. The number of hydrogen-bond donors (Lipinski definition) is 1. The lowest BCUT2D eigenvalue weighted by molar-refractivity contribution is 0.275. The molecular formula is C24H31N3O3. The van der Waals surface area contributed by atoms with E-state index < -0.39 is 0 Å². The number of benzene rings is 1. The second-order valence-corrected chi connectivity index (χ2v) is 7.11. The zero-order chi connectivity index (χ0) is 21.5. The molecule has 2 aliphatic heterocycles. The number of anilines is 1. The van der Waals surface area contributed by atoms with Crippen LogP contribution in [0.25, 0.3) is 0 Å². The molecular weight excluding hydrogens is 378 g/mol. The number of aryl methyl sites for hydroxylation is 1. The van der Waals surface area contributed by atoms with E-state index in [0.717, 1.165) is 42.4 Å². The number of rotatable bonds is 5. The van der Waals surface area contributed by atoms with Crippen LogP contribution < -0.4 is 20.5 Å². The van der Waals surface area contributed by atoms with Crippen molar-refractivity contribution in [3.05, 3.63) is 81.6 Å². The molecule has 2 aromatic rings. The molecule has 30 heavy (non-hydrogen) atoms. The van der Waals surface area contributed by atoms with Crippen LogP contribution >= 0.6 is 0 Å². The lowest BCUT2D eigenvalue weighted by Gasteiger charge is -2.31. The van der Waals surface area contributed by atoms with Gasteiger partial charge >= 0.3 is 0 Å². The zero-order valence-electron chi connectivity index (χ0n) is 18.3. The summed E-state index contributed by atoms with van der Waals surface area (Å²) < 4.78 is 12.8. The van der Waals surface area contributed by atoms with Crippen LogP contribution in [0.15, 0.2) is 64.9 Å². The van der Waals surface area contributed by atoms with E-state index in [1.807, 2.05) is 44.3 Å². The largest absolute Gasteiger partial charge is 0.499 e. The molecule has 0 radical (unpaired) electrons. The van der Waals surface area contributed by atoms with Crippen molar-refractivity contribution in [3.63, 3.8) is 0 Å². The van der Waals surface area contributed by atoms with Crippen molar-refractivity contribution in [1.29, 1.82) is 0 Å². The molecule has 0 fully saturated rings. The summed E-state index contributed by atoms with van der Waals surface area (Å²) in [6, 6.07) is 9.85. The summed E-state index contributed by atoms with van der Waals surface area (Å²) in [5.41, 5.74) is 4.73. The Bertz CT molecular complexity index is 991. The molecule has 0 spiro atoms. The van der Waals surface area contributed by atoms with Gasteiger partial charge in [0, 0.05) is 38.1 Å². The second kappa shape index (κ2) is 10.1. The molecule has 6 heteroatoms. The van der Waals surface area contributed by atoms with Crippen molar-refractivity contribution in [1.82, 2.24) is 9.88 Å². The molecule has 0 atom stereocenters. The van der Waals surface area contributed by atoms with E-state index in [1.165, 1.54) is 11.1 Å². The van der Waals surface area contributed by atoms with Crippen molar-refractivity contribution < 1.29 is 9.47 Å². The first-order valence-electron chi connectivity index (χ1n) is 10.5. The summed E-state index contributed by atoms with van der Waals surface area (Å²) >= 11 is 0. The SMILES string of the molecule is CC.COC1=CC=C(COc2ccc3c(c2)CN(c2ccc(=O)n(C)c2)CC3)NC1. The molecule has 0 aliphatic carbocycles. The van der Waals surface area contributed by atoms with Crippen molar-refractivity contribution in [3.8, 4) is 5.75 Å². The fourth-order valence-corrected chi connectivity index (χ4v) is 3.52. The topological polar surface area (TPSA) is 55.7 Å². The standard InChI is InChI=1S/C22H25N3O3.C2H6/c1-24-14-19(5-8-22(24)26)25-10-9-16-3-6-20(11-17(16)13-25)28-15-18-4-7-21(27-2)12-23-18;1-2/h3-8,11,14,23H,9-10,12-13,15H2,1-2H3;1-2H3. The molecule has 1 N–H and O–H groups in total. The third-order valence-corrected chi connectivity index (χ3v) is 5.24. The lowest BCUT2D eigenvalue weighted by atomic mass is 9.99. The third-order valence-electron chi connectivity index (χ3n) is 5.24. The minimum absolute atomic E-state index is 0.00920. The van der Waals surface area contributed by atoms with Gasteiger partial charge in [0.1, 0.15) is 18.1 Å². The minimum Gasteiger partial charge on any atom is -0.499 e. The Morgan fingerprint density at radius 2 is 1.93 bits per heavy atom. The summed E-state index contributed by atoms with van der Waals surface area (Å²) in [4.78, 5) is 13.9. The van der Waals surface area contributed by atoms with E-state index in [-0.39, 0.29) is 5.56 Å². The van der Waals surface area contributed by atoms with E-state index in [1.54, 1.807) is 24.8 Å². The van der Waals surface area contributed by atoms with E-state index >= 15 is 0 Å². The summed E-state index contributed by atoms with van der Waals surface area (Å²) in [7, 11) is 3.46. The van der Waals surface area contributed by atoms with Crippen LogP contribution in [0.4, 0.5) is 5.69 Å². The highest BCUT2D eigenvalue weighted by molar-refractivity contribution is 5.49. The van der Waals surface area contributed by atoms with Gasteiger partial charge < -0.3 is 24.3 Å². The first kappa shape index (κ1) is 21.6. The Labute approximate surface area is 178 Å². The second-order valence-electron chi connectivity index (χ2n) is 7.11. The Morgan fingerprint density at radius 3 is 2.63 bits per heavy atom. The van der Waals surface area contributed by atoms with Gasteiger partial charge in [0.2, 0.25) is 5.56 Å². The molecule has 0 saturated heterocycles. The van der Waals surface area contributed by atoms with Gasteiger partial charge in [0.15, 0.2) is 0 Å². The Morgan fingerprint density at radius 1 is 1.10 bits per heavy atom. The molecule has 0 unspecified atom stereocenters. The number of nitrogens with one attached hydrogen (secondary N) is 1. The number of fused-ring (bicyclic) bond motifs is 1. The average Bonchev–Trinajstić information content (AvgIpc) is 2.80. The fraction of sp³-hybridized carbons (Fsp3) is 0.375. The number of dihydropyridines is 1. The van der Waals surface area contributed by atoms with Gasteiger partial charge in [-0.3, -0.25) is 4.79 Å². The third kappa shape index (κ3) is 5.06. The van der Waals surface area contributed by atoms with Gasteiger partial charge in [-0.2, -0.15) is 0 Å². The predicted molar refractivity (Wildman–Crippen MR) is 121 cm³/mol. The minimum atomic E-state index is 0.00920. The quantitative estimate of drug-likeness (QED) is 0.821. The molecule has 0 bridgehead atoms. The van der Waals surface area contributed by atoms with Gasteiger partial charge in [-0.05, 0) is 47.9 Å². The van der Waals surface area contributed by atoms with Crippen LogP contribution in [0, 0.1) is 0 Å². The normalized spacial score (nSPS) is 15.0. The molecule has 0 amide bonds. The summed E-state index contributed by atoms with van der Waals surface area (Å²) in [5.74, 6) is 1.78. The monoisotopic (exact) mass is 409 g/mol. The smallest absolute Gasteiger partial charge is 0.250 e. The highest BCUT2D eigenvalue weighted by Gasteiger charge is 2.18. The molecule has 2 aliphatic rings. The average molecular weight is 410 g/mol. The summed E-state index contributed by atoms with van der Waals surface area (Å²) in [6.45, 7) is 6.93. The highest BCUT2D eigenvalue weighted by atomic mass is 16.5. The van der Waals surface area contributed by atoms with Crippen LogP contribution in [-0.2, 0) is 24.8 Å². The van der Waals surface area contributed by atoms with E-state index in [4.69, 9.17) is 9.47 Å². The Kier molecular flexibility index (Phi) is 7.22. The number of allylic oxidation sites excluding steroid dienone is 2. The van der Waals surface area contributed by atoms with E-state index in [9.17, 15) is 4.79 Å². The van der Waals surface area contributed by atoms with Crippen LogP contribution in [-0.4, -0.2) is 31.4 Å².